The Morgan fingerprint density at radius 1 is 1.03 bits per heavy atom. The van der Waals surface area contributed by atoms with E-state index in [4.69, 9.17) is 0 Å². The Balaban J connectivity index is 1.68. The summed E-state index contributed by atoms with van der Waals surface area (Å²) in [4.78, 5) is 25.7. The molecule has 0 fully saturated rings. The molecule has 0 aliphatic carbocycles. The maximum absolute atomic E-state index is 12.9. The van der Waals surface area contributed by atoms with Crippen LogP contribution in [-0.2, 0) is 4.79 Å². The van der Waals surface area contributed by atoms with Crippen molar-refractivity contribution in [2.75, 3.05) is 5.32 Å². The Bertz CT molecular complexity index is 1240. The molecule has 1 atom stereocenters. The minimum absolute atomic E-state index is 0.301. The molecule has 0 aliphatic heterocycles. The molecule has 1 N–H and O–H groups in total. The first-order valence-corrected chi connectivity index (χ1v) is 9.23. The smallest absolute Gasteiger partial charge is 0.281 e. The number of hydrogen-bond acceptors (Lipinski definition) is 5. The Hall–Kier alpha value is -3.81. The number of rotatable bonds is 4. The normalized spacial score (nSPS) is 12.1. The van der Waals surface area contributed by atoms with E-state index in [1.165, 1.54) is 6.20 Å². The monoisotopic (exact) mass is 388 g/mol. The zero-order valence-electron chi connectivity index (χ0n) is 16.3. The number of anilines is 1. The molecule has 0 radical (unpaired) electrons. The summed E-state index contributed by atoms with van der Waals surface area (Å²) in [5.41, 5.74) is 3.34. The zero-order chi connectivity index (χ0) is 20.5. The number of aromatic nitrogens is 5. The van der Waals surface area contributed by atoms with E-state index in [2.05, 4.69) is 20.7 Å². The van der Waals surface area contributed by atoms with Crippen LogP contribution in [0.25, 0.3) is 16.7 Å². The van der Waals surface area contributed by atoms with Crippen molar-refractivity contribution in [2.24, 2.45) is 0 Å². The highest BCUT2D eigenvalue weighted by atomic mass is 16.2. The third-order valence-electron chi connectivity index (χ3n) is 4.89. The molecule has 2 aromatic heterocycles. The number of nitrogens with zero attached hydrogens (tertiary/aromatic N) is 5. The molecule has 0 saturated carbocycles. The highest BCUT2D eigenvalue weighted by molar-refractivity contribution is 5.95. The highest BCUT2D eigenvalue weighted by Gasteiger charge is 2.22. The molecule has 0 unspecified atom stereocenters. The van der Waals surface area contributed by atoms with E-state index in [-0.39, 0.29) is 5.91 Å². The van der Waals surface area contributed by atoms with Crippen LogP contribution < -0.4 is 10.9 Å². The first-order chi connectivity index (χ1) is 14.0. The van der Waals surface area contributed by atoms with Gasteiger partial charge in [0.2, 0.25) is 5.91 Å². The number of nitrogens with one attached hydrogen (secondary N) is 1. The predicted octanol–water partition coefficient (Wildman–Crippen LogP) is 2.79. The Labute approximate surface area is 166 Å². The Kier molecular flexibility index (Phi) is 4.67. The topological polar surface area (TPSA) is 94.7 Å². The number of benzene rings is 2. The molecule has 8 nitrogen and oxygen atoms in total. The maximum Gasteiger partial charge on any atom is 0.281 e. The van der Waals surface area contributed by atoms with Crippen LogP contribution in [0.1, 0.15) is 24.1 Å². The largest absolute Gasteiger partial charge is 0.324 e. The van der Waals surface area contributed by atoms with Gasteiger partial charge in [-0.3, -0.25) is 9.59 Å². The van der Waals surface area contributed by atoms with Crippen LogP contribution in [0.2, 0.25) is 0 Å². The lowest BCUT2D eigenvalue weighted by Crippen LogP contribution is -2.34. The summed E-state index contributed by atoms with van der Waals surface area (Å²) in [7, 11) is 0. The van der Waals surface area contributed by atoms with E-state index in [1.807, 2.05) is 62.4 Å². The maximum atomic E-state index is 12.9. The van der Waals surface area contributed by atoms with Crippen molar-refractivity contribution in [1.29, 1.82) is 0 Å². The first kappa shape index (κ1) is 18.5. The van der Waals surface area contributed by atoms with E-state index >= 15 is 0 Å². The van der Waals surface area contributed by atoms with Crippen LogP contribution in [-0.4, -0.2) is 30.7 Å². The van der Waals surface area contributed by atoms with Crippen LogP contribution in [0.3, 0.4) is 0 Å². The quantitative estimate of drug-likeness (QED) is 0.580. The van der Waals surface area contributed by atoms with Gasteiger partial charge in [0.05, 0.1) is 11.9 Å². The van der Waals surface area contributed by atoms with Gasteiger partial charge in [0.1, 0.15) is 11.4 Å². The number of fused-ring (bicyclic) bond motifs is 1. The number of carbonyl (C=O) groups excluding carboxylic acids is 1. The zero-order valence-corrected chi connectivity index (χ0v) is 16.3. The van der Waals surface area contributed by atoms with Gasteiger partial charge in [-0.2, -0.15) is 9.78 Å². The molecule has 0 saturated heterocycles. The second-order valence-electron chi connectivity index (χ2n) is 6.90. The van der Waals surface area contributed by atoms with Crippen LogP contribution in [0.5, 0.6) is 0 Å². The van der Waals surface area contributed by atoms with Gasteiger partial charge in [0, 0.05) is 5.69 Å². The third-order valence-corrected chi connectivity index (χ3v) is 4.89. The fraction of sp³-hybridized carbons (Fsp3) is 0.190. The van der Waals surface area contributed by atoms with Gasteiger partial charge < -0.3 is 5.32 Å². The summed E-state index contributed by atoms with van der Waals surface area (Å²) < 4.78 is 2.64. The van der Waals surface area contributed by atoms with Gasteiger partial charge in [0.25, 0.3) is 5.56 Å². The SMILES string of the molecule is Cc1cccc(C)c1NC(=O)[C@H](C)n1nnc2c(cnn2-c2ccccc2)c1=O. The lowest BCUT2D eigenvalue weighted by atomic mass is 10.1. The van der Waals surface area contributed by atoms with Crippen molar-refractivity contribution in [3.63, 3.8) is 0 Å². The molecule has 2 aromatic carbocycles. The molecular weight excluding hydrogens is 368 g/mol. The second kappa shape index (κ2) is 7.31. The molecule has 8 heteroatoms. The highest BCUT2D eigenvalue weighted by Crippen LogP contribution is 2.21. The van der Waals surface area contributed by atoms with Crippen LogP contribution in [0.15, 0.2) is 59.5 Å². The van der Waals surface area contributed by atoms with Gasteiger partial charge in [-0.25, -0.2) is 4.68 Å². The summed E-state index contributed by atoms with van der Waals surface area (Å²) in [5.74, 6) is -0.339. The molecular formula is C21H20N6O2. The van der Waals surface area contributed by atoms with Crippen molar-refractivity contribution in [1.82, 2.24) is 24.8 Å². The Morgan fingerprint density at radius 2 is 1.72 bits per heavy atom. The summed E-state index contributed by atoms with van der Waals surface area (Å²) in [6.45, 7) is 5.46. The average molecular weight is 388 g/mol. The Morgan fingerprint density at radius 3 is 2.41 bits per heavy atom. The molecule has 29 heavy (non-hydrogen) atoms. The molecule has 0 bridgehead atoms. The third kappa shape index (κ3) is 3.29. The van der Waals surface area contributed by atoms with Gasteiger partial charge in [0.15, 0.2) is 5.65 Å². The molecule has 0 spiro atoms. The van der Waals surface area contributed by atoms with Crippen molar-refractivity contribution in [3.8, 4) is 5.69 Å². The molecule has 1 amide bonds. The fourth-order valence-electron chi connectivity index (χ4n) is 3.21. The number of aryl methyl sites for hydroxylation is 2. The van der Waals surface area contributed by atoms with Gasteiger partial charge in [-0.15, -0.1) is 5.10 Å². The summed E-state index contributed by atoms with van der Waals surface area (Å²) in [5, 5.41) is 15.6. The van der Waals surface area contributed by atoms with Crippen molar-refractivity contribution in [2.45, 2.75) is 26.8 Å². The first-order valence-electron chi connectivity index (χ1n) is 9.23. The van der Waals surface area contributed by atoms with Crippen LogP contribution in [0.4, 0.5) is 5.69 Å². The minimum Gasteiger partial charge on any atom is -0.324 e. The fourth-order valence-corrected chi connectivity index (χ4v) is 3.21. The van der Waals surface area contributed by atoms with Crippen molar-refractivity contribution in [3.05, 3.63) is 76.2 Å². The summed E-state index contributed by atoms with van der Waals surface area (Å²) >= 11 is 0. The van der Waals surface area contributed by atoms with Crippen molar-refractivity contribution < 1.29 is 4.79 Å². The molecule has 0 aliphatic rings. The average Bonchev–Trinajstić information content (AvgIpc) is 3.16. The van der Waals surface area contributed by atoms with Crippen molar-refractivity contribution >= 4 is 22.6 Å². The van der Waals surface area contributed by atoms with Crippen LogP contribution >= 0.6 is 0 Å². The van der Waals surface area contributed by atoms with E-state index in [1.54, 1.807) is 11.6 Å². The lowest BCUT2D eigenvalue weighted by Gasteiger charge is -2.16. The summed E-state index contributed by atoms with van der Waals surface area (Å²) in [6, 6.07) is 14.3. The second-order valence-corrected chi connectivity index (χ2v) is 6.90. The van der Waals surface area contributed by atoms with E-state index in [0.29, 0.717) is 11.0 Å². The molecule has 4 rings (SSSR count). The van der Waals surface area contributed by atoms with Gasteiger partial charge in [-0.05, 0) is 44.0 Å². The van der Waals surface area contributed by atoms with Crippen LogP contribution in [0, 0.1) is 13.8 Å². The molecule has 2 heterocycles. The lowest BCUT2D eigenvalue weighted by molar-refractivity contribution is -0.119. The standard InChI is InChI=1S/C21H20N6O2/c1-13-8-7-9-14(2)18(13)23-20(28)15(3)26-21(29)17-12-22-27(19(17)24-25-26)16-10-5-4-6-11-16/h4-12,15H,1-3H3,(H,23,28)/t15-/m0/s1. The molecule has 4 aromatic rings. The number of hydrogen-bond donors (Lipinski definition) is 1. The van der Waals surface area contributed by atoms with E-state index < -0.39 is 11.6 Å². The number of amides is 1. The van der Waals surface area contributed by atoms with Gasteiger partial charge in [-0.1, -0.05) is 41.6 Å². The van der Waals surface area contributed by atoms with E-state index in [9.17, 15) is 9.59 Å². The van der Waals surface area contributed by atoms with E-state index in [0.717, 1.165) is 27.2 Å². The summed E-state index contributed by atoms with van der Waals surface area (Å²) in [6.07, 6.45) is 1.45. The number of para-hydroxylation sites is 2. The predicted molar refractivity (Wildman–Crippen MR) is 110 cm³/mol. The minimum atomic E-state index is -0.835. The molecule has 146 valence electrons. The van der Waals surface area contributed by atoms with Gasteiger partial charge >= 0.3 is 0 Å². The number of carbonyl (C=O) groups is 1.